The standard InChI is InChI=1S/C20H23FN6O/c1-28-17-11-27-20(26-18(17)12-4-5-12)14(10-23-27)16-7-6-15(21)19(25-16)24-13-3-2-8-22-9-13/h6-7,10-13,22H,2-5,8-9H2,1H3,(H,24,25). The summed E-state index contributed by atoms with van der Waals surface area (Å²) in [6.45, 7) is 1.82. The zero-order valence-electron chi connectivity index (χ0n) is 15.8. The quantitative estimate of drug-likeness (QED) is 0.707. The fourth-order valence-corrected chi connectivity index (χ4v) is 3.76. The average molecular weight is 382 g/mol. The molecule has 2 N–H and O–H groups in total. The van der Waals surface area contributed by atoms with Crippen molar-refractivity contribution in [2.75, 3.05) is 25.5 Å². The topological polar surface area (TPSA) is 76.4 Å². The molecule has 1 aliphatic heterocycles. The van der Waals surface area contributed by atoms with E-state index in [1.165, 1.54) is 6.07 Å². The Balaban J connectivity index is 1.52. The number of hydrogen-bond donors (Lipinski definition) is 2. The molecule has 3 aromatic heterocycles. The van der Waals surface area contributed by atoms with Crippen molar-refractivity contribution in [2.45, 2.75) is 37.6 Å². The molecule has 28 heavy (non-hydrogen) atoms. The van der Waals surface area contributed by atoms with E-state index < -0.39 is 0 Å². The van der Waals surface area contributed by atoms with Gasteiger partial charge < -0.3 is 15.4 Å². The van der Waals surface area contributed by atoms with Crippen LogP contribution in [0.2, 0.25) is 0 Å². The highest BCUT2D eigenvalue weighted by Gasteiger charge is 2.29. The first-order valence-corrected chi connectivity index (χ1v) is 9.79. The number of aromatic nitrogens is 4. The first-order valence-electron chi connectivity index (χ1n) is 9.79. The molecule has 8 heteroatoms. The fourth-order valence-electron chi connectivity index (χ4n) is 3.76. The molecule has 1 atom stereocenters. The highest BCUT2D eigenvalue weighted by Crippen LogP contribution is 2.43. The van der Waals surface area contributed by atoms with Crippen LogP contribution < -0.4 is 15.4 Å². The summed E-state index contributed by atoms with van der Waals surface area (Å²) >= 11 is 0. The molecule has 0 spiro atoms. The average Bonchev–Trinajstić information content (AvgIpc) is 3.49. The van der Waals surface area contributed by atoms with Gasteiger partial charge in [0.25, 0.3) is 0 Å². The van der Waals surface area contributed by atoms with Crippen molar-refractivity contribution in [3.63, 3.8) is 0 Å². The highest BCUT2D eigenvalue weighted by atomic mass is 19.1. The largest absolute Gasteiger partial charge is 0.493 e. The van der Waals surface area contributed by atoms with Crippen molar-refractivity contribution in [1.82, 2.24) is 24.9 Å². The molecule has 1 unspecified atom stereocenters. The third kappa shape index (κ3) is 3.17. The van der Waals surface area contributed by atoms with Crippen LogP contribution in [0.1, 0.15) is 37.3 Å². The summed E-state index contributed by atoms with van der Waals surface area (Å²) in [4.78, 5) is 9.38. The van der Waals surface area contributed by atoms with Gasteiger partial charge in [0.1, 0.15) is 0 Å². The SMILES string of the molecule is COc1cn2ncc(-c3ccc(F)c(NC4CCCNC4)n3)c2nc1C1CC1. The number of nitrogens with one attached hydrogen (secondary N) is 2. The van der Waals surface area contributed by atoms with Crippen LogP contribution in [-0.2, 0) is 0 Å². The minimum Gasteiger partial charge on any atom is -0.493 e. The van der Waals surface area contributed by atoms with E-state index in [4.69, 9.17) is 9.72 Å². The van der Waals surface area contributed by atoms with E-state index >= 15 is 0 Å². The molecule has 146 valence electrons. The van der Waals surface area contributed by atoms with Gasteiger partial charge in [-0.15, -0.1) is 0 Å². The Kier molecular flexibility index (Phi) is 4.35. The zero-order chi connectivity index (χ0) is 19.1. The molecule has 2 fully saturated rings. The number of rotatable bonds is 5. The zero-order valence-corrected chi connectivity index (χ0v) is 15.8. The Morgan fingerprint density at radius 1 is 1.25 bits per heavy atom. The Hall–Kier alpha value is -2.74. The number of halogens is 1. The van der Waals surface area contributed by atoms with Crippen LogP contribution in [0.15, 0.2) is 24.5 Å². The third-order valence-electron chi connectivity index (χ3n) is 5.43. The van der Waals surface area contributed by atoms with Crippen molar-refractivity contribution >= 4 is 11.5 Å². The van der Waals surface area contributed by atoms with E-state index in [-0.39, 0.29) is 17.7 Å². The number of piperidine rings is 1. The van der Waals surface area contributed by atoms with Crippen molar-refractivity contribution in [2.24, 2.45) is 0 Å². The van der Waals surface area contributed by atoms with Crippen LogP contribution in [-0.4, -0.2) is 45.8 Å². The summed E-state index contributed by atoms with van der Waals surface area (Å²) < 4.78 is 21.5. The van der Waals surface area contributed by atoms with Crippen LogP contribution >= 0.6 is 0 Å². The number of hydrogen-bond acceptors (Lipinski definition) is 6. The maximum absolute atomic E-state index is 14.4. The monoisotopic (exact) mass is 382 g/mol. The molecular weight excluding hydrogens is 359 g/mol. The second-order valence-electron chi connectivity index (χ2n) is 7.51. The summed E-state index contributed by atoms with van der Waals surface area (Å²) in [5.74, 6) is 1.13. The van der Waals surface area contributed by atoms with Gasteiger partial charge in [0.15, 0.2) is 23.0 Å². The molecule has 1 saturated carbocycles. The predicted octanol–water partition coefficient (Wildman–Crippen LogP) is 2.98. The van der Waals surface area contributed by atoms with E-state index in [9.17, 15) is 4.39 Å². The summed E-state index contributed by atoms with van der Waals surface area (Å²) in [5, 5.41) is 11.0. The second-order valence-corrected chi connectivity index (χ2v) is 7.51. The number of pyridine rings is 1. The normalized spacial score (nSPS) is 19.7. The smallest absolute Gasteiger partial charge is 0.165 e. The van der Waals surface area contributed by atoms with Gasteiger partial charge >= 0.3 is 0 Å². The number of ether oxygens (including phenoxy) is 1. The third-order valence-corrected chi connectivity index (χ3v) is 5.43. The van der Waals surface area contributed by atoms with Crippen LogP contribution in [0, 0.1) is 5.82 Å². The van der Waals surface area contributed by atoms with E-state index in [1.54, 1.807) is 23.9 Å². The molecule has 0 aromatic carbocycles. The van der Waals surface area contributed by atoms with Gasteiger partial charge in [0.05, 0.1) is 36.5 Å². The second kappa shape index (κ2) is 7.01. The Bertz CT molecular complexity index is 1010. The summed E-state index contributed by atoms with van der Waals surface area (Å²) in [6.07, 6.45) is 7.91. The molecule has 3 aromatic rings. The molecule has 4 heterocycles. The number of nitrogens with zero attached hydrogens (tertiary/aromatic N) is 4. The van der Waals surface area contributed by atoms with Gasteiger partial charge in [-0.2, -0.15) is 5.10 Å². The summed E-state index contributed by atoms with van der Waals surface area (Å²) in [7, 11) is 1.65. The van der Waals surface area contributed by atoms with Crippen molar-refractivity contribution in [1.29, 1.82) is 0 Å². The van der Waals surface area contributed by atoms with E-state index in [2.05, 4.69) is 20.7 Å². The van der Waals surface area contributed by atoms with Crippen LogP contribution in [0.3, 0.4) is 0 Å². The predicted molar refractivity (Wildman–Crippen MR) is 104 cm³/mol. The van der Waals surface area contributed by atoms with Crippen molar-refractivity contribution < 1.29 is 9.13 Å². The van der Waals surface area contributed by atoms with E-state index in [0.717, 1.165) is 55.8 Å². The number of fused-ring (bicyclic) bond motifs is 1. The Morgan fingerprint density at radius 3 is 2.89 bits per heavy atom. The van der Waals surface area contributed by atoms with Crippen molar-refractivity contribution in [3.05, 3.63) is 36.0 Å². The molecule has 5 rings (SSSR count). The van der Waals surface area contributed by atoms with E-state index in [0.29, 0.717) is 17.3 Å². The maximum Gasteiger partial charge on any atom is 0.165 e. The number of anilines is 1. The molecule has 7 nitrogen and oxygen atoms in total. The molecule has 1 aliphatic carbocycles. The summed E-state index contributed by atoms with van der Waals surface area (Å²) in [6, 6.07) is 3.31. The lowest BCUT2D eigenvalue weighted by Crippen LogP contribution is -2.38. The minimum atomic E-state index is -0.348. The van der Waals surface area contributed by atoms with Crippen molar-refractivity contribution in [3.8, 4) is 17.0 Å². The highest BCUT2D eigenvalue weighted by molar-refractivity contribution is 5.75. The van der Waals surface area contributed by atoms with Gasteiger partial charge in [-0.25, -0.2) is 18.9 Å². The van der Waals surface area contributed by atoms with Crippen LogP contribution in [0.25, 0.3) is 16.9 Å². The molecule has 2 aliphatic rings. The van der Waals surface area contributed by atoms with Gasteiger partial charge in [-0.1, -0.05) is 0 Å². The summed E-state index contributed by atoms with van der Waals surface area (Å²) in [5.41, 5.74) is 3.12. The van der Waals surface area contributed by atoms with Gasteiger partial charge in [-0.05, 0) is 44.4 Å². The Labute approximate surface area is 162 Å². The van der Waals surface area contributed by atoms with Crippen LogP contribution in [0.4, 0.5) is 10.2 Å². The Morgan fingerprint density at radius 2 is 2.14 bits per heavy atom. The molecule has 0 radical (unpaired) electrons. The number of methoxy groups -OCH3 is 1. The molecular formula is C20H23FN6O. The minimum absolute atomic E-state index is 0.179. The fraction of sp³-hybridized carbons (Fsp3) is 0.450. The molecule has 0 amide bonds. The van der Waals surface area contributed by atoms with Gasteiger partial charge in [-0.3, -0.25) is 0 Å². The lowest BCUT2D eigenvalue weighted by atomic mass is 10.1. The van der Waals surface area contributed by atoms with Crippen LogP contribution in [0.5, 0.6) is 5.75 Å². The maximum atomic E-state index is 14.4. The van der Waals surface area contributed by atoms with Gasteiger partial charge in [0, 0.05) is 18.5 Å². The van der Waals surface area contributed by atoms with E-state index in [1.807, 2.05) is 6.20 Å². The molecule has 1 saturated heterocycles. The first-order chi connectivity index (χ1) is 13.7. The van der Waals surface area contributed by atoms with Gasteiger partial charge in [0.2, 0.25) is 0 Å². The molecule has 0 bridgehead atoms. The first kappa shape index (κ1) is 17.4. The lowest BCUT2D eigenvalue weighted by Gasteiger charge is -2.24. The lowest BCUT2D eigenvalue weighted by molar-refractivity contribution is 0.403.